The van der Waals surface area contributed by atoms with E-state index in [1.54, 1.807) is 18.3 Å². The number of rotatable bonds is 1. The molecule has 2 aromatic heterocycles. The summed E-state index contributed by atoms with van der Waals surface area (Å²) in [5, 5.41) is 0.808. The Morgan fingerprint density at radius 1 is 1.46 bits per heavy atom. The summed E-state index contributed by atoms with van der Waals surface area (Å²) >= 11 is 0. The summed E-state index contributed by atoms with van der Waals surface area (Å²) in [5.41, 5.74) is 0.701. The van der Waals surface area contributed by atoms with E-state index in [1.807, 2.05) is 0 Å². The lowest BCUT2D eigenvalue weighted by Gasteiger charge is -1.96. The summed E-state index contributed by atoms with van der Waals surface area (Å²) in [5.74, 6) is 0. The maximum Gasteiger partial charge on any atom is 0.177 e. The molecular weight excluding hydrogens is 188 g/mol. The van der Waals surface area contributed by atoms with E-state index in [1.165, 1.54) is 12.5 Å². The van der Waals surface area contributed by atoms with Crippen LogP contribution in [0.3, 0.4) is 0 Å². The second kappa shape index (κ2) is 2.56. The molecule has 1 N–H and O–H groups in total. The van der Waals surface area contributed by atoms with E-state index >= 15 is 0 Å². The monoisotopic (exact) mass is 196 g/mol. The zero-order valence-electron chi connectivity index (χ0n) is 6.98. The van der Waals surface area contributed by atoms with Gasteiger partial charge < -0.3 is 4.98 Å². The van der Waals surface area contributed by atoms with Crippen LogP contribution in [0.4, 0.5) is 0 Å². The summed E-state index contributed by atoms with van der Waals surface area (Å²) in [4.78, 5) is 7.11. The van der Waals surface area contributed by atoms with E-state index in [-0.39, 0.29) is 4.90 Å². The van der Waals surface area contributed by atoms with Gasteiger partial charge in [0.25, 0.3) is 0 Å². The quantitative estimate of drug-likeness (QED) is 0.739. The zero-order chi connectivity index (χ0) is 9.47. The van der Waals surface area contributed by atoms with Gasteiger partial charge in [0, 0.05) is 24.0 Å². The maximum absolute atomic E-state index is 11.1. The highest BCUT2D eigenvalue weighted by Crippen LogP contribution is 2.14. The second-order valence-corrected chi connectivity index (χ2v) is 4.87. The molecule has 0 saturated carbocycles. The Hall–Kier alpha value is -1.36. The maximum atomic E-state index is 11.1. The molecule has 0 aliphatic rings. The largest absolute Gasteiger partial charge is 0.346 e. The molecule has 2 rings (SSSR count). The number of aromatic nitrogens is 2. The molecule has 5 heteroatoms. The minimum Gasteiger partial charge on any atom is -0.346 e. The van der Waals surface area contributed by atoms with Gasteiger partial charge >= 0.3 is 0 Å². The van der Waals surface area contributed by atoms with Gasteiger partial charge in [0.2, 0.25) is 0 Å². The summed E-state index contributed by atoms with van der Waals surface area (Å²) in [6, 6.07) is 3.39. The number of hydrogen-bond acceptors (Lipinski definition) is 3. The lowest BCUT2D eigenvalue weighted by atomic mass is 10.3. The van der Waals surface area contributed by atoms with Crippen LogP contribution in [0.1, 0.15) is 0 Å². The van der Waals surface area contributed by atoms with Crippen LogP contribution >= 0.6 is 0 Å². The van der Waals surface area contributed by atoms with Crippen molar-refractivity contribution in [2.45, 2.75) is 4.90 Å². The van der Waals surface area contributed by atoms with E-state index in [0.29, 0.717) is 5.65 Å². The van der Waals surface area contributed by atoms with Gasteiger partial charge in [-0.25, -0.2) is 13.4 Å². The van der Waals surface area contributed by atoms with Gasteiger partial charge in [-0.05, 0) is 12.1 Å². The molecule has 68 valence electrons. The summed E-state index contributed by atoms with van der Waals surface area (Å²) in [7, 11) is -3.15. The molecule has 4 nitrogen and oxygen atoms in total. The predicted molar refractivity (Wildman–Crippen MR) is 49.2 cm³/mol. The number of H-pyrrole nitrogens is 1. The van der Waals surface area contributed by atoms with E-state index in [4.69, 9.17) is 0 Å². The Morgan fingerprint density at radius 3 is 2.92 bits per heavy atom. The topological polar surface area (TPSA) is 62.8 Å². The van der Waals surface area contributed by atoms with Gasteiger partial charge in [-0.1, -0.05) is 0 Å². The van der Waals surface area contributed by atoms with Crippen molar-refractivity contribution >= 4 is 20.9 Å². The van der Waals surface area contributed by atoms with E-state index in [9.17, 15) is 8.42 Å². The number of sulfone groups is 1. The normalized spacial score (nSPS) is 12.1. The first-order valence-corrected chi connectivity index (χ1v) is 5.60. The van der Waals surface area contributed by atoms with Gasteiger partial charge in [-0.3, -0.25) is 0 Å². The molecule has 13 heavy (non-hydrogen) atoms. The van der Waals surface area contributed by atoms with E-state index < -0.39 is 9.84 Å². The van der Waals surface area contributed by atoms with Crippen LogP contribution in [0.25, 0.3) is 11.0 Å². The molecule has 0 saturated heterocycles. The fourth-order valence-corrected chi connectivity index (χ4v) is 1.71. The molecular formula is C8H8N2O2S. The molecule has 2 heterocycles. The van der Waals surface area contributed by atoms with Gasteiger partial charge in [0.1, 0.15) is 5.65 Å². The van der Waals surface area contributed by atoms with Crippen LogP contribution in [0.5, 0.6) is 0 Å². The van der Waals surface area contributed by atoms with Gasteiger partial charge in [-0.2, -0.15) is 0 Å². The van der Waals surface area contributed by atoms with Crippen molar-refractivity contribution < 1.29 is 8.42 Å². The van der Waals surface area contributed by atoms with Crippen molar-refractivity contribution in [3.63, 3.8) is 0 Å². The minimum atomic E-state index is -3.15. The average Bonchev–Trinajstić information content (AvgIpc) is 2.47. The summed E-state index contributed by atoms with van der Waals surface area (Å²) in [6.45, 7) is 0. The van der Waals surface area contributed by atoms with Crippen molar-refractivity contribution in [1.29, 1.82) is 0 Å². The highest BCUT2D eigenvalue weighted by atomic mass is 32.2. The molecule has 0 aliphatic heterocycles. The van der Waals surface area contributed by atoms with Crippen molar-refractivity contribution in [3.8, 4) is 0 Å². The van der Waals surface area contributed by atoms with Crippen LogP contribution in [-0.2, 0) is 9.84 Å². The van der Waals surface area contributed by atoms with Gasteiger partial charge in [0.05, 0.1) is 4.90 Å². The third-order valence-corrected chi connectivity index (χ3v) is 2.88. The Balaban J connectivity index is 2.75. The zero-order valence-corrected chi connectivity index (χ0v) is 7.80. The second-order valence-electron chi connectivity index (χ2n) is 2.86. The van der Waals surface area contributed by atoms with Crippen LogP contribution in [0, 0.1) is 0 Å². The number of nitrogens with zero attached hydrogens (tertiary/aromatic N) is 1. The highest BCUT2D eigenvalue weighted by Gasteiger charge is 2.08. The lowest BCUT2D eigenvalue weighted by Crippen LogP contribution is -1.97. The lowest BCUT2D eigenvalue weighted by molar-refractivity contribution is 0.601. The molecule has 2 aromatic rings. The van der Waals surface area contributed by atoms with Crippen LogP contribution in [-0.4, -0.2) is 24.6 Å². The Labute approximate surface area is 75.5 Å². The molecule has 0 atom stereocenters. The van der Waals surface area contributed by atoms with Crippen molar-refractivity contribution in [2.24, 2.45) is 0 Å². The first-order chi connectivity index (χ1) is 6.07. The van der Waals surface area contributed by atoms with Gasteiger partial charge in [0.15, 0.2) is 9.84 Å². The molecule has 0 fully saturated rings. The third kappa shape index (κ3) is 1.42. The fourth-order valence-electron chi connectivity index (χ4n) is 1.12. The summed E-state index contributed by atoms with van der Waals surface area (Å²) < 4.78 is 22.3. The molecule has 0 radical (unpaired) electrons. The molecule has 0 unspecified atom stereocenters. The molecule has 0 bridgehead atoms. The van der Waals surface area contributed by atoms with Crippen LogP contribution < -0.4 is 0 Å². The number of fused-ring (bicyclic) bond motifs is 1. The van der Waals surface area contributed by atoms with Crippen LogP contribution in [0.15, 0.2) is 29.4 Å². The first kappa shape index (κ1) is 8.25. The Morgan fingerprint density at radius 2 is 2.23 bits per heavy atom. The number of nitrogens with one attached hydrogen (secondary N) is 1. The number of aromatic amines is 1. The molecule has 0 aliphatic carbocycles. The number of hydrogen-bond donors (Lipinski definition) is 1. The standard InChI is InChI=1S/C8H8N2O2S/c1-13(11,12)7-4-6-2-3-9-8(6)10-5-7/h2-5H,1H3,(H,9,10). The highest BCUT2D eigenvalue weighted by molar-refractivity contribution is 7.90. The summed E-state index contributed by atoms with van der Waals surface area (Å²) in [6.07, 6.45) is 4.25. The fraction of sp³-hybridized carbons (Fsp3) is 0.125. The Bertz CT molecular complexity index is 542. The minimum absolute atomic E-state index is 0.250. The van der Waals surface area contributed by atoms with Crippen molar-refractivity contribution in [1.82, 2.24) is 9.97 Å². The average molecular weight is 196 g/mol. The Kier molecular flexibility index (Phi) is 1.63. The molecule has 0 aromatic carbocycles. The molecule has 0 amide bonds. The third-order valence-electron chi connectivity index (χ3n) is 1.80. The van der Waals surface area contributed by atoms with Crippen molar-refractivity contribution in [3.05, 3.63) is 24.5 Å². The van der Waals surface area contributed by atoms with E-state index in [2.05, 4.69) is 9.97 Å². The van der Waals surface area contributed by atoms with E-state index in [0.717, 1.165) is 5.39 Å². The van der Waals surface area contributed by atoms with Crippen LogP contribution in [0.2, 0.25) is 0 Å². The molecule has 0 spiro atoms. The number of pyridine rings is 1. The van der Waals surface area contributed by atoms with Gasteiger partial charge in [-0.15, -0.1) is 0 Å². The van der Waals surface area contributed by atoms with Crippen molar-refractivity contribution in [2.75, 3.05) is 6.26 Å². The first-order valence-electron chi connectivity index (χ1n) is 3.70. The SMILES string of the molecule is CS(=O)(=O)c1cnc2[nH]ccc2c1. The smallest absolute Gasteiger partial charge is 0.177 e. The predicted octanol–water partition coefficient (Wildman–Crippen LogP) is 0.966.